The van der Waals surface area contributed by atoms with Crippen LogP contribution in [-0.2, 0) is 10.0 Å². The molecule has 1 saturated heterocycles. The Bertz CT molecular complexity index is 1170. The fourth-order valence-corrected chi connectivity index (χ4v) is 5.53. The maximum atomic E-state index is 13.8. The molecule has 1 aliphatic heterocycles. The summed E-state index contributed by atoms with van der Waals surface area (Å²) >= 11 is 1.15. The zero-order chi connectivity index (χ0) is 20.6. The molecule has 1 fully saturated rings. The van der Waals surface area contributed by atoms with Crippen LogP contribution in [0.1, 0.15) is 10.4 Å². The van der Waals surface area contributed by atoms with Crippen molar-refractivity contribution in [3.8, 4) is 0 Å². The summed E-state index contributed by atoms with van der Waals surface area (Å²) in [6, 6.07) is 10.4. The second-order valence-electron chi connectivity index (χ2n) is 6.79. The normalized spacial score (nSPS) is 16.2. The van der Waals surface area contributed by atoms with Crippen molar-refractivity contribution in [1.82, 2.24) is 14.2 Å². The number of fused-ring (bicyclic) bond motifs is 1. The first-order valence-corrected chi connectivity index (χ1v) is 11.3. The maximum Gasteiger partial charge on any atom is 0.260 e. The molecule has 0 spiro atoms. The van der Waals surface area contributed by atoms with Gasteiger partial charge in [-0.3, -0.25) is 10.1 Å². The molecule has 1 aromatic heterocycles. The molecule has 1 aliphatic rings. The van der Waals surface area contributed by atoms with Gasteiger partial charge in [0.1, 0.15) is 5.82 Å². The number of benzene rings is 2. The number of aromatic nitrogens is 1. The first-order chi connectivity index (χ1) is 13.8. The number of halogens is 1. The van der Waals surface area contributed by atoms with E-state index in [-0.39, 0.29) is 15.6 Å². The molecule has 1 N–H and O–H groups in total. The summed E-state index contributed by atoms with van der Waals surface area (Å²) in [6.07, 6.45) is 0. The minimum Gasteiger partial charge on any atom is -0.304 e. The van der Waals surface area contributed by atoms with Gasteiger partial charge in [-0.15, -0.1) is 0 Å². The maximum absolute atomic E-state index is 13.8. The quantitative estimate of drug-likeness (QED) is 0.683. The first kappa shape index (κ1) is 19.9. The van der Waals surface area contributed by atoms with Crippen LogP contribution in [0.2, 0.25) is 0 Å². The monoisotopic (exact) mass is 434 g/mol. The number of rotatable bonds is 4. The van der Waals surface area contributed by atoms with Crippen LogP contribution < -0.4 is 5.32 Å². The van der Waals surface area contributed by atoms with Crippen LogP contribution in [0.4, 0.5) is 9.52 Å². The molecule has 0 radical (unpaired) electrons. The van der Waals surface area contributed by atoms with E-state index in [2.05, 4.69) is 15.2 Å². The molecule has 10 heteroatoms. The Morgan fingerprint density at radius 3 is 2.59 bits per heavy atom. The summed E-state index contributed by atoms with van der Waals surface area (Å²) in [5.41, 5.74) is 0.487. The van der Waals surface area contributed by atoms with Gasteiger partial charge < -0.3 is 4.90 Å². The van der Waals surface area contributed by atoms with E-state index >= 15 is 0 Å². The summed E-state index contributed by atoms with van der Waals surface area (Å²) in [5, 5.41) is 2.86. The first-order valence-electron chi connectivity index (χ1n) is 9.00. The highest BCUT2D eigenvalue weighted by molar-refractivity contribution is 7.89. The third-order valence-electron chi connectivity index (χ3n) is 4.80. The highest BCUT2D eigenvalue weighted by atomic mass is 32.2. The fourth-order valence-electron chi connectivity index (χ4n) is 3.11. The second-order valence-corrected chi connectivity index (χ2v) is 9.76. The third-order valence-corrected chi connectivity index (χ3v) is 7.63. The summed E-state index contributed by atoms with van der Waals surface area (Å²) in [6.45, 7) is 2.27. The molecule has 0 saturated carbocycles. The minimum atomic E-state index is -3.59. The van der Waals surface area contributed by atoms with Gasteiger partial charge in [0.25, 0.3) is 5.91 Å². The number of nitrogens with zero attached hydrogens (tertiary/aromatic N) is 3. The number of hydrogen-bond donors (Lipinski definition) is 1. The lowest BCUT2D eigenvalue weighted by Crippen LogP contribution is -2.46. The van der Waals surface area contributed by atoms with Crippen LogP contribution in [0.3, 0.4) is 0 Å². The van der Waals surface area contributed by atoms with Crippen molar-refractivity contribution in [3.05, 3.63) is 53.8 Å². The van der Waals surface area contributed by atoms with E-state index in [0.717, 1.165) is 11.3 Å². The Labute approximate surface area is 171 Å². The Kier molecular flexibility index (Phi) is 5.34. The van der Waals surface area contributed by atoms with Crippen molar-refractivity contribution in [3.63, 3.8) is 0 Å². The van der Waals surface area contributed by atoms with Crippen LogP contribution in [0.5, 0.6) is 0 Å². The zero-order valence-corrected chi connectivity index (χ0v) is 17.3. The van der Waals surface area contributed by atoms with E-state index in [1.54, 1.807) is 18.2 Å². The van der Waals surface area contributed by atoms with Crippen molar-refractivity contribution >= 4 is 42.6 Å². The Hall–Kier alpha value is -2.40. The minimum absolute atomic E-state index is 0.0786. The molecule has 152 valence electrons. The molecule has 0 unspecified atom stereocenters. The molecule has 3 aromatic rings. The lowest BCUT2D eigenvalue weighted by molar-refractivity contribution is 0.102. The van der Waals surface area contributed by atoms with Crippen LogP contribution in [0.25, 0.3) is 10.2 Å². The lowest BCUT2D eigenvalue weighted by atomic mass is 10.2. The number of thiazole rings is 1. The average Bonchev–Trinajstić information content (AvgIpc) is 3.10. The van der Waals surface area contributed by atoms with Gasteiger partial charge in [0.05, 0.1) is 20.7 Å². The summed E-state index contributed by atoms with van der Waals surface area (Å²) < 4.78 is 41.7. The highest BCUT2D eigenvalue weighted by Gasteiger charge is 2.28. The lowest BCUT2D eigenvalue weighted by Gasteiger charge is -2.31. The van der Waals surface area contributed by atoms with Crippen LogP contribution in [-0.4, -0.2) is 61.7 Å². The Balaban J connectivity index is 1.58. The van der Waals surface area contributed by atoms with E-state index in [9.17, 15) is 17.6 Å². The third kappa shape index (κ3) is 4.01. The number of likely N-dealkylation sites (N-methyl/N-ethyl adjacent to an activating group) is 1. The molecular weight excluding hydrogens is 415 g/mol. The average molecular weight is 435 g/mol. The second kappa shape index (κ2) is 7.79. The van der Waals surface area contributed by atoms with Gasteiger partial charge in [-0.25, -0.2) is 17.8 Å². The zero-order valence-electron chi connectivity index (χ0n) is 15.6. The standard InChI is InChI=1S/C19H19FN4O3S2/c1-23-8-10-24(11-9-23)29(26,27)13-6-7-16-17(12-13)28-19(21-16)22-18(25)14-4-2-3-5-15(14)20/h2-7,12H,8-11H2,1H3,(H,21,22,25). The van der Waals surface area contributed by atoms with Gasteiger partial charge in [0.15, 0.2) is 5.13 Å². The molecule has 29 heavy (non-hydrogen) atoms. The molecule has 2 aromatic carbocycles. The van der Waals surface area contributed by atoms with Gasteiger partial charge >= 0.3 is 0 Å². The van der Waals surface area contributed by atoms with Crippen molar-refractivity contribution in [1.29, 1.82) is 0 Å². The van der Waals surface area contributed by atoms with Gasteiger partial charge in [-0.05, 0) is 37.4 Å². The Morgan fingerprint density at radius 1 is 1.14 bits per heavy atom. The van der Waals surface area contributed by atoms with Crippen LogP contribution in [0, 0.1) is 5.82 Å². The van der Waals surface area contributed by atoms with Crippen molar-refractivity contribution in [2.45, 2.75) is 4.90 Å². The van der Waals surface area contributed by atoms with Crippen molar-refractivity contribution in [2.75, 3.05) is 38.5 Å². The van der Waals surface area contributed by atoms with E-state index < -0.39 is 21.7 Å². The predicted octanol–water partition coefficient (Wildman–Crippen LogP) is 2.62. The van der Waals surface area contributed by atoms with E-state index in [4.69, 9.17) is 0 Å². The molecule has 0 aliphatic carbocycles. The predicted molar refractivity (Wildman–Crippen MR) is 110 cm³/mol. The SMILES string of the molecule is CN1CCN(S(=O)(=O)c2ccc3nc(NC(=O)c4ccccc4F)sc3c2)CC1. The van der Waals surface area contributed by atoms with Crippen LogP contribution in [0.15, 0.2) is 47.4 Å². The summed E-state index contributed by atoms with van der Waals surface area (Å²) in [7, 11) is -1.63. The van der Waals surface area contributed by atoms with Gasteiger partial charge in [-0.2, -0.15) is 4.31 Å². The van der Waals surface area contributed by atoms with Crippen molar-refractivity contribution < 1.29 is 17.6 Å². The highest BCUT2D eigenvalue weighted by Crippen LogP contribution is 2.30. The molecule has 4 rings (SSSR count). The number of hydrogen-bond acceptors (Lipinski definition) is 6. The molecule has 0 atom stereocenters. The molecular formula is C19H19FN4O3S2. The number of nitrogens with one attached hydrogen (secondary N) is 1. The van der Waals surface area contributed by atoms with Gasteiger partial charge in [0, 0.05) is 26.2 Å². The smallest absolute Gasteiger partial charge is 0.260 e. The molecule has 2 heterocycles. The van der Waals surface area contributed by atoms with E-state index in [1.165, 1.54) is 28.6 Å². The van der Waals surface area contributed by atoms with E-state index in [0.29, 0.717) is 36.4 Å². The van der Waals surface area contributed by atoms with E-state index in [1.807, 2.05) is 7.05 Å². The molecule has 1 amide bonds. The number of anilines is 1. The number of piperazine rings is 1. The van der Waals surface area contributed by atoms with Crippen molar-refractivity contribution in [2.24, 2.45) is 0 Å². The van der Waals surface area contributed by atoms with Gasteiger partial charge in [-0.1, -0.05) is 23.5 Å². The largest absolute Gasteiger partial charge is 0.304 e. The molecule has 7 nitrogen and oxygen atoms in total. The topological polar surface area (TPSA) is 82.6 Å². The molecule has 0 bridgehead atoms. The summed E-state index contributed by atoms with van der Waals surface area (Å²) in [4.78, 5) is 18.9. The number of sulfonamides is 1. The number of carbonyl (C=O) groups is 1. The fraction of sp³-hybridized carbons (Fsp3) is 0.263. The Morgan fingerprint density at radius 2 is 1.86 bits per heavy atom. The van der Waals surface area contributed by atoms with Crippen LogP contribution >= 0.6 is 11.3 Å². The number of carbonyl (C=O) groups excluding carboxylic acids is 1. The summed E-state index contributed by atoms with van der Waals surface area (Å²) in [5.74, 6) is -1.22. The van der Waals surface area contributed by atoms with Gasteiger partial charge in [0.2, 0.25) is 10.0 Å². The number of amides is 1.